The normalized spacial score (nSPS) is 13.2. The van der Waals surface area contributed by atoms with Crippen LogP contribution in [0.25, 0.3) is 0 Å². The number of nitrogens with zero attached hydrogens (tertiary/aromatic N) is 1. The average molecular weight is 551 g/mol. The van der Waals surface area contributed by atoms with E-state index >= 15 is 0 Å². The molecule has 0 amide bonds. The van der Waals surface area contributed by atoms with Gasteiger partial charge in [-0.25, -0.2) is 0 Å². The fourth-order valence-corrected chi connectivity index (χ4v) is 11.5. The van der Waals surface area contributed by atoms with Gasteiger partial charge in [0.1, 0.15) is 0 Å². The van der Waals surface area contributed by atoms with Crippen molar-refractivity contribution >= 4 is 41.8 Å². The summed E-state index contributed by atoms with van der Waals surface area (Å²) in [4.78, 5) is 5.03. The number of unbranched alkanes of at least 4 members (excludes halogenated alkanes) is 3. The highest BCUT2D eigenvalue weighted by atomic mass is 32.2. The predicted octanol–water partition coefficient (Wildman–Crippen LogP) is 8.75. The van der Waals surface area contributed by atoms with E-state index in [-0.39, 0.29) is 5.04 Å². The van der Waals surface area contributed by atoms with Gasteiger partial charge >= 0.3 is 0 Å². The second kappa shape index (κ2) is 12.2. The minimum Gasteiger partial charge on any atom is -0.403 e. The van der Waals surface area contributed by atoms with Crippen molar-refractivity contribution in [3.63, 3.8) is 0 Å². The van der Waals surface area contributed by atoms with Gasteiger partial charge in [0.05, 0.1) is 18.0 Å². The molecule has 39 heavy (non-hydrogen) atoms. The van der Waals surface area contributed by atoms with Gasteiger partial charge in [-0.05, 0) is 45.6 Å². The molecule has 2 nitrogen and oxygen atoms in total. The molecular formula is C35H40NOSSi. The van der Waals surface area contributed by atoms with Crippen molar-refractivity contribution < 1.29 is 4.43 Å². The molecule has 0 unspecified atom stereocenters. The van der Waals surface area contributed by atoms with Crippen molar-refractivity contribution in [1.82, 2.24) is 0 Å². The second-order valence-electron chi connectivity index (χ2n) is 11.4. The van der Waals surface area contributed by atoms with Crippen molar-refractivity contribution in [2.24, 2.45) is 0 Å². The van der Waals surface area contributed by atoms with Crippen molar-refractivity contribution in [2.75, 3.05) is 11.4 Å². The highest BCUT2D eigenvalue weighted by Crippen LogP contribution is 2.50. The van der Waals surface area contributed by atoms with E-state index in [2.05, 4.69) is 130 Å². The molecular weight excluding hydrogens is 511 g/mol. The SMILES string of the molecule is CCCCCCN1c2ccc[c]c2Sc2c(CO[Si](c3ccccc3)(c3ccccc3)C(C)(C)C)cccc21. The molecule has 0 aromatic heterocycles. The Balaban J connectivity index is 1.54. The van der Waals surface area contributed by atoms with Crippen molar-refractivity contribution in [3.8, 4) is 0 Å². The molecule has 1 aliphatic heterocycles. The van der Waals surface area contributed by atoms with Gasteiger partial charge in [0, 0.05) is 16.3 Å². The second-order valence-corrected chi connectivity index (χ2v) is 16.7. The molecule has 4 aromatic carbocycles. The Labute approximate surface area is 240 Å². The Morgan fingerprint density at radius 2 is 1.44 bits per heavy atom. The minimum absolute atomic E-state index is 0.0522. The van der Waals surface area contributed by atoms with Gasteiger partial charge in [0.2, 0.25) is 0 Å². The first-order valence-electron chi connectivity index (χ1n) is 14.3. The van der Waals surface area contributed by atoms with E-state index in [9.17, 15) is 0 Å². The van der Waals surface area contributed by atoms with Crippen LogP contribution < -0.4 is 15.3 Å². The standard InChI is InChI=1S/C35H40NOSSi/c1-5-6-7-16-26-36-31-23-14-15-25-33(31)38-34-28(18-17-24-32(34)36)27-37-39(35(2,3)4,29-19-10-8-11-20-29)30-21-12-9-13-22-30/h8-15,17-24H,5-7,16,26-27H2,1-4H3. The van der Waals surface area contributed by atoms with Gasteiger partial charge in [-0.1, -0.05) is 144 Å². The lowest BCUT2D eigenvalue weighted by Gasteiger charge is -2.43. The fourth-order valence-electron chi connectivity index (χ4n) is 5.84. The van der Waals surface area contributed by atoms with Crippen LogP contribution in [-0.2, 0) is 11.0 Å². The van der Waals surface area contributed by atoms with E-state index in [1.807, 2.05) is 17.8 Å². The lowest BCUT2D eigenvalue weighted by molar-refractivity contribution is 0.283. The van der Waals surface area contributed by atoms with Crippen molar-refractivity contribution in [3.05, 3.63) is 109 Å². The van der Waals surface area contributed by atoms with Crippen LogP contribution in [0.5, 0.6) is 0 Å². The van der Waals surface area contributed by atoms with Crippen molar-refractivity contribution in [1.29, 1.82) is 0 Å². The number of anilines is 2. The zero-order valence-corrected chi connectivity index (χ0v) is 25.6. The van der Waals surface area contributed by atoms with Crippen LogP contribution in [0.3, 0.4) is 0 Å². The molecule has 4 aromatic rings. The van der Waals surface area contributed by atoms with E-state index in [0.717, 1.165) is 6.54 Å². The van der Waals surface area contributed by atoms with Gasteiger partial charge in [-0.15, -0.1) is 0 Å². The Bertz CT molecular complexity index is 1330. The Hall–Kier alpha value is -2.79. The lowest BCUT2D eigenvalue weighted by atomic mass is 10.1. The van der Waals surface area contributed by atoms with Crippen molar-refractivity contribution in [2.45, 2.75) is 74.8 Å². The number of rotatable bonds is 10. The van der Waals surface area contributed by atoms with Gasteiger partial charge in [0.25, 0.3) is 8.32 Å². The van der Waals surface area contributed by atoms with Crippen LogP contribution >= 0.6 is 11.8 Å². The minimum atomic E-state index is -2.63. The summed E-state index contributed by atoms with van der Waals surface area (Å²) in [5.41, 5.74) is 3.83. The lowest BCUT2D eigenvalue weighted by Crippen LogP contribution is -2.66. The first-order chi connectivity index (χ1) is 19.0. The summed E-state index contributed by atoms with van der Waals surface area (Å²) in [6.07, 6.45) is 4.99. The molecule has 5 rings (SSSR count). The topological polar surface area (TPSA) is 12.5 Å². The summed E-state index contributed by atoms with van der Waals surface area (Å²) in [6.45, 7) is 10.9. The van der Waals surface area contributed by atoms with E-state index in [1.165, 1.54) is 62.8 Å². The summed E-state index contributed by atoms with van der Waals surface area (Å²) >= 11 is 1.84. The Morgan fingerprint density at radius 3 is 2.08 bits per heavy atom. The fraction of sp³-hybridized carbons (Fsp3) is 0.314. The van der Waals surface area contributed by atoms with Crippen LogP contribution in [0.4, 0.5) is 11.4 Å². The van der Waals surface area contributed by atoms with E-state index in [4.69, 9.17) is 4.43 Å². The monoisotopic (exact) mass is 550 g/mol. The average Bonchev–Trinajstić information content (AvgIpc) is 2.95. The zero-order valence-electron chi connectivity index (χ0n) is 23.7. The Morgan fingerprint density at radius 1 is 0.769 bits per heavy atom. The van der Waals surface area contributed by atoms with Crippen LogP contribution in [-0.4, -0.2) is 14.9 Å². The molecule has 1 radical (unpaired) electrons. The molecule has 0 bridgehead atoms. The molecule has 0 N–H and O–H groups in total. The third-order valence-electron chi connectivity index (χ3n) is 7.76. The van der Waals surface area contributed by atoms with E-state index in [0.29, 0.717) is 6.61 Å². The third kappa shape index (κ3) is 5.61. The van der Waals surface area contributed by atoms with Crippen LogP contribution in [0, 0.1) is 6.07 Å². The van der Waals surface area contributed by atoms with Crippen LogP contribution in [0.2, 0.25) is 5.04 Å². The first kappa shape index (κ1) is 27.8. The molecule has 0 aliphatic carbocycles. The van der Waals surface area contributed by atoms with Gasteiger partial charge < -0.3 is 9.33 Å². The maximum Gasteiger partial charge on any atom is 0.261 e. The number of hydrogen-bond donors (Lipinski definition) is 0. The van der Waals surface area contributed by atoms with E-state index < -0.39 is 8.32 Å². The number of fused-ring (bicyclic) bond motifs is 2. The van der Waals surface area contributed by atoms with Gasteiger partial charge in [-0.2, -0.15) is 0 Å². The van der Waals surface area contributed by atoms with Gasteiger partial charge in [-0.3, -0.25) is 0 Å². The number of benzene rings is 4. The molecule has 0 atom stereocenters. The summed E-state index contributed by atoms with van der Waals surface area (Å²) < 4.78 is 7.35. The summed E-state index contributed by atoms with van der Waals surface area (Å²) in [5.74, 6) is 0. The highest BCUT2D eigenvalue weighted by molar-refractivity contribution is 7.99. The molecule has 0 saturated carbocycles. The maximum absolute atomic E-state index is 7.35. The summed E-state index contributed by atoms with van der Waals surface area (Å²) in [7, 11) is -2.63. The Kier molecular flexibility index (Phi) is 8.66. The summed E-state index contributed by atoms with van der Waals surface area (Å²) in [5, 5.41) is 2.58. The zero-order chi connectivity index (χ0) is 27.3. The van der Waals surface area contributed by atoms with E-state index in [1.54, 1.807) is 0 Å². The molecule has 0 fully saturated rings. The van der Waals surface area contributed by atoms with Crippen LogP contribution in [0.1, 0.15) is 58.9 Å². The molecule has 1 heterocycles. The maximum atomic E-state index is 7.35. The molecule has 0 saturated heterocycles. The smallest absolute Gasteiger partial charge is 0.261 e. The molecule has 0 spiro atoms. The largest absolute Gasteiger partial charge is 0.403 e. The van der Waals surface area contributed by atoms with Gasteiger partial charge in [0.15, 0.2) is 0 Å². The third-order valence-corrected chi connectivity index (χ3v) is 13.9. The molecule has 4 heteroatoms. The number of hydrogen-bond acceptors (Lipinski definition) is 3. The predicted molar refractivity (Wildman–Crippen MR) is 169 cm³/mol. The quantitative estimate of drug-likeness (QED) is 0.145. The molecule has 1 aliphatic rings. The summed E-state index contributed by atoms with van der Waals surface area (Å²) in [6, 6.07) is 38.5. The highest BCUT2D eigenvalue weighted by Gasteiger charge is 2.50. The molecule has 201 valence electrons. The first-order valence-corrected chi connectivity index (χ1v) is 17.0. The van der Waals surface area contributed by atoms with Crippen LogP contribution in [0.15, 0.2) is 107 Å².